The van der Waals surface area contributed by atoms with Gasteiger partial charge in [-0.2, -0.15) is 5.26 Å². The van der Waals surface area contributed by atoms with Crippen molar-refractivity contribution in [3.8, 4) is 6.07 Å². The number of piperidine rings is 1. The monoisotopic (exact) mass is 494 g/mol. The lowest BCUT2D eigenvalue weighted by Gasteiger charge is -2.30. The van der Waals surface area contributed by atoms with E-state index in [0.717, 1.165) is 0 Å². The number of hydrogen-bond acceptors (Lipinski definition) is 7. The number of rotatable bonds is 9. The lowest BCUT2D eigenvalue weighted by molar-refractivity contribution is -0.150. The molecule has 0 bridgehead atoms. The average molecular weight is 494 g/mol. The van der Waals surface area contributed by atoms with Crippen molar-refractivity contribution in [3.05, 3.63) is 0 Å². The molecule has 0 aliphatic carbocycles. The molecule has 0 aromatic heterocycles. The largest absolute Gasteiger partial charge is 0.480 e. The van der Waals surface area contributed by atoms with E-state index < -0.39 is 47.8 Å². The molecule has 1 saturated heterocycles. The molecule has 1 heterocycles. The van der Waals surface area contributed by atoms with E-state index in [2.05, 4.69) is 5.32 Å². The molecule has 0 radical (unpaired) electrons. The number of carboxylic acids is 1. The summed E-state index contributed by atoms with van der Waals surface area (Å²) in [5.41, 5.74) is 14.4. The van der Waals surface area contributed by atoms with Crippen LogP contribution in [0.1, 0.15) is 45.4 Å². The number of nitriles is 1. The Balaban J connectivity index is 0. The summed E-state index contributed by atoms with van der Waals surface area (Å²) in [5, 5.41) is 18.8. The van der Waals surface area contributed by atoms with E-state index in [1.165, 1.54) is 6.92 Å². The maximum Gasteiger partial charge on any atom is 0.329 e. The summed E-state index contributed by atoms with van der Waals surface area (Å²) in [4.78, 5) is 21.2. The topological polar surface area (TPSA) is 194 Å². The fourth-order valence-corrected chi connectivity index (χ4v) is 2.21. The van der Waals surface area contributed by atoms with Crippen LogP contribution in [0.3, 0.4) is 0 Å². The molecule has 1 rings (SSSR count). The van der Waals surface area contributed by atoms with Crippen LogP contribution in [-0.2, 0) is 9.59 Å². The van der Waals surface area contributed by atoms with Crippen LogP contribution in [0, 0.1) is 11.3 Å². The number of nitrogens with one attached hydrogen (secondary N) is 1. The van der Waals surface area contributed by atoms with Gasteiger partial charge in [0.05, 0.1) is 11.6 Å². The molecule has 0 aromatic rings. The molecule has 194 valence electrons. The molecule has 1 amide bonds. The smallest absolute Gasteiger partial charge is 0.329 e. The number of nitrogens with zero attached hydrogens (tertiary/aromatic N) is 1. The lowest BCUT2D eigenvalue weighted by atomic mass is 9.91. The van der Waals surface area contributed by atoms with E-state index >= 15 is 0 Å². The van der Waals surface area contributed by atoms with Crippen LogP contribution in [0.25, 0.3) is 0 Å². The van der Waals surface area contributed by atoms with Gasteiger partial charge in [0.2, 0.25) is 5.91 Å². The Hall–Kier alpha value is -2.15. The second-order valence-corrected chi connectivity index (χ2v) is 7.70. The summed E-state index contributed by atoms with van der Waals surface area (Å²) >= 11 is 0. The number of amides is 1. The van der Waals surface area contributed by atoms with E-state index in [4.69, 9.17) is 33.3 Å². The Morgan fingerprint density at radius 3 is 2.06 bits per heavy atom. The maximum absolute atomic E-state index is 12.2. The van der Waals surface area contributed by atoms with Crippen LogP contribution in [0.4, 0.5) is 26.3 Å². The van der Waals surface area contributed by atoms with Crippen LogP contribution in [0.5, 0.6) is 0 Å². The van der Waals surface area contributed by atoms with Gasteiger partial charge in [0.15, 0.2) is 11.1 Å². The summed E-state index contributed by atoms with van der Waals surface area (Å²) in [5.74, 6) is -2.43. The predicted octanol–water partition coefficient (Wildman–Crippen LogP) is 0.904. The van der Waals surface area contributed by atoms with Gasteiger partial charge in [0.25, 0.3) is 19.3 Å². The zero-order valence-corrected chi connectivity index (χ0v) is 18.2. The molecule has 1 aliphatic heterocycles. The summed E-state index contributed by atoms with van der Waals surface area (Å²) in [6.07, 6.45) is -7.82. The van der Waals surface area contributed by atoms with Gasteiger partial charge < -0.3 is 33.4 Å². The zero-order valence-electron chi connectivity index (χ0n) is 18.2. The highest BCUT2D eigenvalue weighted by molar-refractivity contribution is 5.87. The Kier molecular flexibility index (Phi) is 14.9. The number of carbonyl (C=O) groups is 2. The second kappa shape index (κ2) is 14.9. The van der Waals surface area contributed by atoms with Crippen molar-refractivity contribution in [2.75, 3.05) is 13.1 Å². The first-order valence-corrected chi connectivity index (χ1v) is 9.82. The van der Waals surface area contributed by atoms with Crippen molar-refractivity contribution >= 4 is 11.9 Å². The van der Waals surface area contributed by atoms with Crippen LogP contribution >= 0.6 is 0 Å². The Morgan fingerprint density at radius 1 is 1.21 bits per heavy atom. The number of carbonyl (C=O) groups excluding carboxylic acids is 1. The van der Waals surface area contributed by atoms with Gasteiger partial charge in [0, 0.05) is 13.0 Å². The molecular weight excluding hydrogens is 462 g/mol. The van der Waals surface area contributed by atoms with Crippen LogP contribution < -0.4 is 28.3 Å². The van der Waals surface area contributed by atoms with Gasteiger partial charge in [0.1, 0.15) is 0 Å². The van der Waals surface area contributed by atoms with Crippen LogP contribution in [0.2, 0.25) is 0 Å². The first kappa shape index (κ1) is 33.0. The maximum atomic E-state index is 12.2. The minimum Gasteiger partial charge on any atom is -0.480 e. The van der Waals surface area contributed by atoms with Crippen molar-refractivity contribution in [3.63, 3.8) is 0 Å². The quantitative estimate of drug-likeness (QED) is 0.254. The molecule has 15 heteroatoms. The number of nitrogens with two attached hydrogens (primary N) is 4. The van der Waals surface area contributed by atoms with E-state index in [9.17, 15) is 35.9 Å². The number of carboxylic acid groups (broad SMARTS) is 1. The molecule has 1 aliphatic rings. The summed E-state index contributed by atoms with van der Waals surface area (Å²) in [6.45, 7) is 1.85. The molecule has 0 saturated carbocycles. The second-order valence-electron chi connectivity index (χ2n) is 7.70. The summed E-state index contributed by atoms with van der Waals surface area (Å²) in [6, 6.07) is 1.77. The highest BCUT2D eigenvalue weighted by atomic mass is 19.3. The summed E-state index contributed by atoms with van der Waals surface area (Å²) < 4.78 is 72.4. The van der Waals surface area contributed by atoms with Gasteiger partial charge >= 0.3 is 5.97 Å². The van der Waals surface area contributed by atoms with Gasteiger partial charge in [-0.05, 0) is 45.6 Å². The highest BCUT2D eigenvalue weighted by Crippen LogP contribution is 2.22. The molecule has 10 N–H and O–H groups in total. The normalized spacial score (nSPS) is 21.5. The number of alkyl halides is 6. The third-order valence-electron chi connectivity index (χ3n) is 4.72. The van der Waals surface area contributed by atoms with Crippen LogP contribution in [0.15, 0.2) is 0 Å². The molecule has 3 atom stereocenters. The van der Waals surface area contributed by atoms with Gasteiger partial charge in [-0.15, -0.1) is 0 Å². The number of hydrogen-bond donors (Lipinski definition) is 6. The molecule has 0 spiro atoms. The Bertz CT molecular complexity index is 650. The van der Waals surface area contributed by atoms with Crippen molar-refractivity contribution in [1.82, 2.24) is 5.32 Å². The minimum absolute atomic E-state index is 0.0428. The van der Waals surface area contributed by atoms with Crippen LogP contribution in [-0.4, -0.2) is 66.0 Å². The third kappa shape index (κ3) is 11.0. The SMILES string of the molecule is CC(N)(CCC#N)C(F)F.NC1(C(F)F)CCCNC1=O.NCCCC(N)(C(=O)O)C(F)F. The van der Waals surface area contributed by atoms with Gasteiger partial charge in [-0.1, -0.05) is 0 Å². The number of halogens is 6. The van der Waals surface area contributed by atoms with E-state index in [0.29, 0.717) is 13.0 Å². The first-order chi connectivity index (χ1) is 15.0. The summed E-state index contributed by atoms with van der Waals surface area (Å²) in [7, 11) is 0. The highest BCUT2D eigenvalue weighted by Gasteiger charge is 2.45. The fraction of sp³-hybridized carbons (Fsp3) is 0.833. The average Bonchev–Trinajstić information content (AvgIpc) is 2.73. The Labute approximate surface area is 187 Å². The predicted molar refractivity (Wildman–Crippen MR) is 107 cm³/mol. The first-order valence-electron chi connectivity index (χ1n) is 9.82. The standard InChI is InChI=1S/C6H12F2N2O2.C6H10F2N2O.C6H10F2N2/c7-4(8)6(10,5(11)12)2-1-3-9;7-4(8)6(9)2-1-3-10-5(6)11;1-6(10,5(7)8)3-2-4-9/h4H,1-3,9-10H2,(H,11,12);4H,1-3,9H2,(H,10,11);5H,2-3,10H2,1H3. The van der Waals surface area contributed by atoms with Crippen molar-refractivity contribution in [2.45, 2.75) is 81.3 Å². The molecule has 3 unspecified atom stereocenters. The Morgan fingerprint density at radius 2 is 1.76 bits per heavy atom. The molecule has 1 fully saturated rings. The van der Waals surface area contributed by atoms with E-state index in [-0.39, 0.29) is 38.6 Å². The minimum atomic E-state index is -3.07. The fourth-order valence-electron chi connectivity index (χ4n) is 2.21. The van der Waals surface area contributed by atoms with Crippen molar-refractivity contribution in [2.24, 2.45) is 22.9 Å². The van der Waals surface area contributed by atoms with E-state index in [1.807, 2.05) is 0 Å². The van der Waals surface area contributed by atoms with Crippen molar-refractivity contribution < 1.29 is 41.0 Å². The molecular formula is C18H32F6N6O3. The van der Waals surface area contributed by atoms with Crippen molar-refractivity contribution in [1.29, 1.82) is 5.26 Å². The molecule has 9 nitrogen and oxygen atoms in total. The van der Waals surface area contributed by atoms with Gasteiger partial charge in [-0.25, -0.2) is 31.1 Å². The molecule has 33 heavy (non-hydrogen) atoms. The lowest BCUT2D eigenvalue weighted by Crippen LogP contribution is -2.61. The van der Waals surface area contributed by atoms with Gasteiger partial charge in [-0.3, -0.25) is 4.79 Å². The molecule has 0 aromatic carbocycles. The zero-order chi connectivity index (χ0) is 26.5. The number of aliphatic carboxylic acids is 1. The van der Waals surface area contributed by atoms with E-state index in [1.54, 1.807) is 6.07 Å². The third-order valence-corrected chi connectivity index (χ3v) is 4.72.